The molecule has 2 heterocycles. The SMILES string of the molecule is CC(=Cc1ccc(CCC(C)C)s1)C(=O)c1c(O)cc(C(C)CCC=CNC(=O)O)oc1=O. The number of hydrogen-bond acceptors (Lipinski definition) is 6. The van der Waals surface area contributed by atoms with Crippen molar-refractivity contribution < 1.29 is 24.2 Å². The number of ketones is 1. The maximum absolute atomic E-state index is 12.8. The molecule has 33 heavy (non-hydrogen) atoms. The molecule has 1 unspecified atom stereocenters. The highest BCUT2D eigenvalue weighted by Gasteiger charge is 2.22. The van der Waals surface area contributed by atoms with Gasteiger partial charge in [0.2, 0.25) is 0 Å². The summed E-state index contributed by atoms with van der Waals surface area (Å²) < 4.78 is 5.33. The number of carboxylic acid groups (broad SMARTS) is 1. The Balaban J connectivity index is 2.11. The molecular formula is C25H31NO6S. The standard InChI is InChI=1S/C25H31NO6S/c1-15(2)8-9-18-10-11-19(33-18)13-17(4)23(28)22-20(27)14-21(32-24(22)29)16(3)7-5-6-12-26-25(30)31/h6,10-16,26-27H,5,7-9H2,1-4H3,(H,30,31). The van der Waals surface area contributed by atoms with Crippen LogP contribution < -0.4 is 10.9 Å². The predicted octanol–water partition coefficient (Wildman–Crippen LogP) is 5.95. The molecule has 1 amide bonds. The molecule has 0 saturated carbocycles. The van der Waals surface area contributed by atoms with E-state index in [9.17, 15) is 19.5 Å². The minimum Gasteiger partial charge on any atom is -0.507 e. The number of carbonyl (C=O) groups excluding carboxylic acids is 1. The molecule has 178 valence electrons. The molecular weight excluding hydrogens is 442 g/mol. The van der Waals surface area contributed by atoms with E-state index < -0.39 is 23.3 Å². The second-order valence-electron chi connectivity index (χ2n) is 8.42. The normalized spacial score (nSPS) is 12.9. The van der Waals surface area contributed by atoms with Gasteiger partial charge in [-0.3, -0.25) is 10.1 Å². The number of Topliss-reactive ketones (excluding diaryl/α,β-unsaturated/α-hetero) is 1. The van der Waals surface area contributed by atoms with Crippen LogP contribution in [0, 0.1) is 5.92 Å². The lowest BCUT2D eigenvalue weighted by atomic mass is 10.00. The van der Waals surface area contributed by atoms with Crippen molar-refractivity contribution in [2.24, 2.45) is 5.92 Å². The molecule has 0 spiro atoms. The van der Waals surface area contributed by atoms with Gasteiger partial charge in [-0.1, -0.05) is 26.8 Å². The largest absolute Gasteiger partial charge is 0.507 e. The summed E-state index contributed by atoms with van der Waals surface area (Å²) in [5.41, 5.74) is -0.907. The quantitative estimate of drug-likeness (QED) is 0.274. The number of allylic oxidation sites excluding steroid dienone is 2. The molecule has 1 atom stereocenters. The van der Waals surface area contributed by atoms with Crippen molar-refractivity contribution in [3.05, 3.63) is 67.5 Å². The molecule has 0 aliphatic rings. The zero-order chi connectivity index (χ0) is 24.5. The van der Waals surface area contributed by atoms with Crippen LogP contribution in [-0.2, 0) is 6.42 Å². The molecule has 2 aromatic rings. The average molecular weight is 474 g/mol. The summed E-state index contributed by atoms with van der Waals surface area (Å²) >= 11 is 1.61. The number of nitrogens with one attached hydrogen (secondary N) is 1. The van der Waals surface area contributed by atoms with Crippen molar-refractivity contribution in [2.45, 2.75) is 59.3 Å². The lowest BCUT2D eigenvalue weighted by Crippen LogP contribution is -2.16. The van der Waals surface area contributed by atoms with Gasteiger partial charge in [0.1, 0.15) is 17.1 Å². The molecule has 0 saturated heterocycles. The molecule has 2 rings (SSSR count). The Morgan fingerprint density at radius 1 is 1.21 bits per heavy atom. The summed E-state index contributed by atoms with van der Waals surface area (Å²) in [5, 5.41) is 21.0. The highest BCUT2D eigenvalue weighted by atomic mass is 32.1. The third kappa shape index (κ3) is 8.05. The fourth-order valence-electron chi connectivity index (χ4n) is 3.17. The van der Waals surface area contributed by atoms with Gasteiger partial charge < -0.3 is 14.6 Å². The summed E-state index contributed by atoms with van der Waals surface area (Å²) in [5.74, 6) is -0.303. The zero-order valence-corrected chi connectivity index (χ0v) is 20.2. The van der Waals surface area contributed by atoms with Gasteiger partial charge in [0.25, 0.3) is 0 Å². The number of aromatic hydroxyl groups is 1. The smallest absolute Gasteiger partial charge is 0.408 e. The minimum absolute atomic E-state index is 0.214. The molecule has 0 aliphatic heterocycles. The molecule has 8 heteroatoms. The van der Waals surface area contributed by atoms with Gasteiger partial charge in [-0.2, -0.15) is 0 Å². The summed E-state index contributed by atoms with van der Waals surface area (Å²) in [6.07, 6.45) is 6.71. The Morgan fingerprint density at radius 2 is 1.94 bits per heavy atom. The third-order valence-corrected chi connectivity index (χ3v) is 6.21. The number of thiophene rings is 1. The first-order chi connectivity index (χ1) is 15.6. The van der Waals surface area contributed by atoms with E-state index >= 15 is 0 Å². The van der Waals surface area contributed by atoms with E-state index in [0.29, 0.717) is 24.3 Å². The van der Waals surface area contributed by atoms with Crippen LogP contribution in [0.4, 0.5) is 4.79 Å². The van der Waals surface area contributed by atoms with Crippen molar-refractivity contribution in [3.63, 3.8) is 0 Å². The van der Waals surface area contributed by atoms with E-state index in [2.05, 4.69) is 19.2 Å². The van der Waals surface area contributed by atoms with Crippen molar-refractivity contribution in [1.29, 1.82) is 0 Å². The Bertz CT molecular complexity index is 1090. The Morgan fingerprint density at radius 3 is 2.58 bits per heavy atom. The van der Waals surface area contributed by atoms with Crippen LogP contribution in [0.15, 0.2) is 45.3 Å². The monoisotopic (exact) mass is 473 g/mol. The van der Waals surface area contributed by atoms with Gasteiger partial charge in [-0.25, -0.2) is 9.59 Å². The number of hydrogen-bond donors (Lipinski definition) is 3. The fraction of sp³-hybridized carbons (Fsp3) is 0.400. The number of rotatable bonds is 11. The van der Waals surface area contributed by atoms with E-state index in [1.807, 2.05) is 19.1 Å². The first-order valence-corrected chi connectivity index (χ1v) is 11.7. The Labute approximate surface area is 197 Å². The van der Waals surface area contributed by atoms with Gasteiger partial charge in [0.05, 0.1) is 0 Å². The van der Waals surface area contributed by atoms with Crippen LogP contribution >= 0.6 is 11.3 Å². The second-order valence-corrected chi connectivity index (χ2v) is 9.62. The summed E-state index contributed by atoms with van der Waals surface area (Å²) in [7, 11) is 0. The molecule has 0 fully saturated rings. The van der Waals surface area contributed by atoms with Crippen molar-refractivity contribution in [2.75, 3.05) is 0 Å². The van der Waals surface area contributed by atoms with Crippen molar-refractivity contribution >= 4 is 29.3 Å². The predicted molar refractivity (Wildman–Crippen MR) is 130 cm³/mol. The van der Waals surface area contributed by atoms with E-state index in [-0.39, 0.29) is 17.2 Å². The Hall–Kier alpha value is -3.13. The molecule has 7 nitrogen and oxygen atoms in total. The van der Waals surface area contributed by atoms with Crippen LogP contribution in [0.2, 0.25) is 0 Å². The first kappa shape index (κ1) is 26.1. The van der Waals surface area contributed by atoms with Gasteiger partial charge >= 0.3 is 11.7 Å². The molecule has 2 aromatic heterocycles. The van der Waals surface area contributed by atoms with Crippen molar-refractivity contribution in [1.82, 2.24) is 5.32 Å². The lowest BCUT2D eigenvalue weighted by molar-refractivity contribution is 0.102. The zero-order valence-electron chi connectivity index (χ0n) is 19.4. The highest BCUT2D eigenvalue weighted by molar-refractivity contribution is 7.12. The second kappa shape index (κ2) is 12.2. The fourth-order valence-corrected chi connectivity index (χ4v) is 4.20. The third-order valence-electron chi connectivity index (χ3n) is 5.12. The Kier molecular flexibility index (Phi) is 9.66. The molecule has 0 radical (unpaired) electrons. The van der Waals surface area contributed by atoms with E-state index in [4.69, 9.17) is 9.52 Å². The van der Waals surface area contributed by atoms with Gasteiger partial charge in [0.15, 0.2) is 5.78 Å². The van der Waals surface area contributed by atoms with E-state index in [1.54, 1.807) is 30.4 Å². The summed E-state index contributed by atoms with van der Waals surface area (Å²) in [4.78, 5) is 37.9. The van der Waals surface area contributed by atoms with Gasteiger partial charge in [-0.05, 0) is 62.3 Å². The van der Waals surface area contributed by atoms with Crippen molar-refractivity contribution in [3.8, 4) is 5.75 Å². The molecule has 3 N–H and O–H groups in total. The van der Waals surface area contributed by atoms with Gasteiger partial charge in [0, 0.05) is 27.9 Å². The molecule has 0 bridgehead atoms. The highest BCUT2D eigenvalue weighted by Crippen LogP contribution is 2.27. The molecule has 0 aliphatic carbocycles. The molecule has 0 aromatic carbocycles. The number of amides is 1. The topological polar surface area (TPSA) is 117 Å². The number of carbonyl (C=O) groups is 2. The van der Waals surface area contributed by atoms with Crippen LogP contribution in [0.25, 0.3) is 6.08 Å². The average Bonchev–Trinajstić information content (AvgIpc) is 3.18. The van der Waals surface area contributed by atoms with Crippen LogP contribution in [0.5, 0.6) is 5.75 Å². The van der Waals surface area contributed by atoms with E-state index in [0.717, 1.165) is 17.7 Å². The van der Waals surface area contributed by atoms with E-state index in [1.165, 1.54) is 17.1 Å². The van der Waals surface area contributed by atoms with Crippen LogP contribution in [0.3, 0.4) is 0 Å². The summed E-state index contributed by atoms with van der Waals surface area (Å²) in [6.45, 7) is 7.79. The number of aryl methyl sites for hydroxylation is 1. The first-order valence-electron chi connectivity index (χ1n) is 10.9. The summed E-state index contributed by atoms with van der Waals surface area (Å²) in [6, 6.07) is 5.30. The van der Waals surface area contributed by atoms with Crippen LogP contribution in [-0.4, -0.2) is 22.1 Å². The van der Waals surface area contributed by atoms with Gasteiger partial charge in [-0.15, -0.1) is 11.3 Å². The lowest BCUT2D eigenvalue weighted by Gasteiger charge is -2.11. The minimum atomic E-state index is -1.15. The maximum atomic E-state index is 12.8. The maximum Gasteiger partial charge on any atom is 0.408 e. The van der Waals surface area contributed by atoms with Crippen LogP contribution in [0.1, 0.15) is 78.7 Å².